The summed E-state index contributed by atoms with van der Waals surface area (Å²) >= 11 is 0. The van der Waals surface area contributed by atoms with Crippen LogP contribution in [-0.2, 0) is 9.47 Å². The number of ether oxygens (including phenoxy) is 2. The van der Waals surface area contributed by atoms with Crippen LogP contribution in [0.1, 0.15) is 85.5 Å². The van der Waals surface area contributed by atoms with Crippen molar-refractivity contribution >= 4 is 0 Å². The first kappa shape index (κ1) is 28.2. The quantitative estimate of drug-likeness (QED) is 0.393. The zero-order valence-electron chi connectivity index (χ0n) is 25.0. The van der Waals surface area contributed by atoms with Crippen LogP contribution < -0.4 is 0 Å². The van der Waals surface area contributed by atoms with E-state index in [1.165, 1.54) is 50.6 Å². The van der Waals surface area contributed by atoms with E-state index >= 15 is 0 Å². The van der Waals surface area contributed by atoms with Crippen molar-refractivity contribution in [3.8, 4) is 0 Å². The van der Waals surface area contributed by atoms with Crippen molar-refractivity contribution in [1.82, 2.24) is 4.90 Å². The molecule has 0 spiro atoms. The Labute approximate surface area is 240 Å². The molecule has 0 aromatic heterocycles. The van der Waals surface area contributed by atoms with Crippen molar-refractivity contribution in [3.63, 3.8) is 0 Å². The number of piperidine rings is 1. The first-order valence-corrected chi connectivity index (χ1v) is 16.5. The van der Waals surface area contributed by atoms with Crippen molar-refractivity contribution in [1.29, 1.82) is 0 Å². The number of fused-ring (bicyclic) bond motifs is 9. The highest BCUT2D eigenvalue weighted by Crippen LogP contribution is 2.70. The van der Waals surface area contributed by atoms with E-state index in [1.807, 2.05) is 0 Å². The molecule has 226 valence electrons. The molecule has 0 unspecified atom stereocenters. The minimum atomic E-state index is -1.40. The summed E-state index contributed by atoms with van der Waals surface area (Å²) in [6, 6.07) is 1.60. The first-order valence-electron chi connectivity index (χ1n) is 16.5. The van der Waals surface area contributed by atoms with Gasteiger partial charge in [0.1, 0.15) is 24.4 Å². The lowest BCUT2D eigenvalue weighted by molar-refractivity contribution is -0.313. The van der Waals surface area contributed by atoms with Gasteiger partial charge in [-0.3, -0.25) is 4.90 Å². The van der Waals surface area contributed by atoms with Gasteiger partial charge >= 0.3 is 0 Å². The van der Waals surface area contributed by atoms with Crippen LogP contribution in [-0.4, -0.2) is 87.4 Å². The maximum absolute atomic E-state index is 10.5. The van der Waals surface area contributed by atoms with Gasteiger partial charge in [0.25, 0.3) is 0 Å². The summed E-state index contributed by atoms with van der Waals surface area (Å²) in [4.78, 5) is 2.98. The molecule has 3 saturated heterocycles. The predicted molar refractivity (Wildman–Crippen MR) is 151 cm³/mol. The van der Waals surface area contributed by atoms with E-state index in [-0.39, 0.29) is 11.5 Å². The van der Waals surface area contributed by atoms with Crippen LogP contribution >= 0.6 is 0 Å². The highest BCUT2D eigenvalue weighted by molar-refractivity contribution is 5.27. The van der Waals surface area contributed by atoms with Crippen LogP contribution in [0.5, 0.6) is 0 Å². The number of hydrogen-bond donors (Lipinski definition) is 4. The lowest BCUT2D eigenvalue weighted by Crippen LogP contribution is -2.60. The number of nitrogens with zero attached hydrogens (tertiary/aromatic N) is 1. The topological polar surface area (TPSA) is 103 Å². The third-order valence-electron chi connectivity index (χ3n) is 13.8. The fraction of sp³-hybridized carbons (Fsp3) is 0.939. The van der Waals surface area contributed by atoms with Gasteiger partial charge in [-0.25, -0.2) is 0 Å². The number of hydrogen-bond acceptors (Lipinski definition) is 7. The molecule has 16 atom stereocenters. The number of rotatable bonds is 3. The fourth-order valence-corrected chi connectivity index (χ4v) is 11.9. The molecule has 40 heavy (non-hydrogen) atoms. The largest absolute Gasteiger partial charge is 0.394 e. The summed E-state index contributed by atoms with van der Waals surface area (Å²) < 4.78 is 11.9. The van der Waals surface area contributed by atoms with Crippen LogP contribution in [0.15, 0.2) is 11.6 Å². The van der Waals surface area contributed by atoms with E-state index < -0.39 is 37.3 Å². The van der Waals surface area contributed by atoms with Gasteiger partial charge < -0.3 is 29.9 Å². The van der Waals surface area contributed by atoms with Crippen molar-refractivity contribution in [2.24, 2.45) is 46.3 Å². The fourth-order valence-electron chi connectivity index (χ4n) is 11.9. The van der Waals surface area contributed by atoms with Gasteiger partial charge in [-0.15, -0.1) is 0 Å². The molecule has 0 bridgehead atoms. The molecular weight excluding hydrogens is 506 g/mol. The lowest BCUT2D eigenvalue weighted by Gasteiger charge is -2.58. The molecule has 4 aliphatic carbocycles. The SMILES string of the molecule is C[C@H]1CC[C@@H]2[C@@H](C)[C@H]3[C@H](C[C@H]4[C@@H]5CC=C6C[C@@H](O[C@@H]7O[C@H](CO)[C@@H](O)[C@H](O)[C@H]7O)CC[C@]6(C)[C@H]5CC[C@]34C)N2C1. The zero-order valence-corrected chi connectivity index (χ0v) is 25.0. The second kappa shape index (κ2) is 10.0. The Morgan fingerprint density at radius 1 is 0.975 bits per heavy atom. The summed E-state index contributed by atoms with van der Waals surface area (Å²) in [7, 11) is 0. The molecule has 7 heteroatoms. The molecule has 3 saturated carbocycles. The molecule has 3 heterocycles. The molecule has 0 aromatic carbocycles. The summed E-state index contributed by atoms with van der Waals surface area (Å²) in [6.45, 7) is 11.1. The molecule has 7 rings (SSSR count). The van der Waals surface area contributed by atoms with Crippen LogP contribution in [0.3, 0.4) is 0 Å². The molecule has 3 aliphatic heterocycles. The van der Waals surface area contributed by atoms with Gasteiger partial charge in [0.2, 0.25) is 0 Å². The zero-order chi connectivity index (χ0) is 28.1. The van der Waals surface area contributed by atoms with Gasteiger partial charge in [-0.1, -0.05) is 39.3 Å². The molecule has 7 nitrogen and oxygen atoms in total. The van der Waals surface area contributed by atoms with Crippen molar-refractivity contribution in [2.45, 2.75) is 134 Å². The maximum atomic E-state index is 10.5. The lowest BCUT2D eigenvalue weighted by atomic mass is 9.47. The Bertz CT molecular complexity index is 1000. The van der Waals surface area contributed by atoms with E-state index in [0.717, 1.165) is 66.9 Å². The molecular formula is C33H53NO6. The maximum Gasteiger partial charge on any atom is 0.186 e. The average molecular weight is 560 g/mol. The van der Waals surface area contributed by atoms with Gasteiger partial charge in [0.15, 0.2) is 6.29 Å². The monoisotopic (exact) mass is 559 g/mol. The Kier molecular flexibility index (Phi) is 7.06. The van der Waals surface area contributed by atoms with Crippen LogP contribution in [0.4, 0.5) is 0 Å². The van der Waals surface area contributed by atoms with Crippen molar-refractivity contribution < 1.29 is 29.9 Å². The molecule has 0 amide bonds. The van der Waals surface area contributed by atoms with Crippen LogP contribution in [0.2, 0.25) is 0 Å². The van der Waals surface area contributed by atoms with E-state index in [1.54, 1.807) is 0 Å². The molecule has 7 aliphatic rings. The van der Waals surface area contributed by atoms with Gasteiger partial charge in [0, 0.05) is 18.6 Å². The van der Waals surface area contributed by atoms with E-state index in [0.29, 0.717) is 5.41 Å². The first-order chi connectivity index (χ1) is 19.1. The summed E-state index contributed by atoms with van der Waals surface area (Å²) in [6.07, 6.45) is 7.27. The second-order valence-corrected chi connectivity index (χ2v) is 15.6. The second-order valence-electron chi connectivity index (χ2n) is 15.6. The third kappa shape index (κ3) is 4.01. The Morgan fingerprint density at radius 2 is 1.77 bits per heavy atom. The van der Waals surface area contributed by atoms with E-state index in [4.69, 9.17) is 9.47 Å². The van der Waals surface area contributed by atoms with Crippen molar-refractivity contribution in [2.75, 3.05) is 13.2 Å². The van der Waals surface area contributed by atoms with Gasteiger partial charge in [0.05, 0.1) is 12.7 Å². The smallest absolute Gasteiger partial charge is 0.186 e. The minimum Gasteiger partial charge on any atom is -0.394 e. The minimum absolute atomic E-state index is 0.101. The van der Waals surface area contributed by atoms with Crippen molar-refractivity contribution in [3.05, 3.63) is 11.6 Å². The number of aliphatic hydroxyl groups is 4. The normalized spacial score (nSPS) is 57.9. The highest BCUT2D eigenvalue weighted by atomic mass is 16.7. The Balaban J connectivity index is 1.07. The standard InChI is InChI=1S/C33H53NO6/c1-17-5-8-24-18(2)27-25(34(24)15-17)14-23-21-7-6-19-13-20(9-11-32(19,3)22(21)10-12-33(23,27)4)39-31-30(38)29(37)28(36)26(16-35)40-31/h6,17-18,20-31,35-38H,5,7-16H2,1-4H3/t17-,18+,20-,21+,22-,23-,24+,25-,26+,27-,28+,29-,30+,31+,32-,33-/m0/s1. The third-order valence-corrected chi connectivity index (χ3v) is 13.8. The van der Waals surface area contributed by atoms with E-state index in [2.05, 4.69) is 38.7 Å². The van der Waals surface area contributed by atoms with Gasteiger partial charge in [-0.2, -0.15) is 0 Å². The highest BCUT2D eigenvalue weighted by Gasteiger charge is 2.66. The molecule has 0 radical (unpaired) electrons. The number of allylic oxidation sites excluding steroid dienone is 1. The predicted octanol–water partition coefficient (Wildman–Crippen LogP) is 3.48. The molecule has 0 aromatic rings. The van der Waals surface area contributed by atoms with Gasteiger partial charge in [-0.05, 0) is 104 Å². The molecule has 6 fully saturated rings. The summed E-state index contributed by atoms with van der Waals surface area (Å²) in [5.74, 6) is 4.83. The summed E-state index contributed by atoms with van der Waals surface area (Å²) in [5, 5.41) is 40.4. The number of aliphatic hydroxyl groups excluding tert-OH is 4. The molecule has 4 N–H and O–H groups in total. The van der Waals surface area contributed by atoms with Crippen LogP contribution in [0.25, 0.3) is 0 Å². The summed E-state index contributed by atoms with van der Waals surface area (Å²) in [5.41, 5.74) is 2.18. The van der Waals surface area contributed by atoms with E-state index in [9.17, 15) is 20.4 Å². The Hall–Kier alpha value is -0.540. The van der Waals surface area contributed by atoms with Crippen LogP contribution in [0, 0.1) is 46.3 Å². The average Bonchev–Trinajstić information content (AvgIpc) is 3.40. The Morgan fingerprint density at radius 3 is 2.55 bits per heavy atom.